The molecule has 168 valence electrons. The molecule has 0 spiro atoms. The van der Waals surface area contributed by atoms with Crippen LogP contribution in [0.15, 0.2) is 41.3 Å². The lowest BCUT2D eigenvalue weighted by molar-refractivity contribution is -0.122. The zero-order valence-electron chi connectivity index (χ0n) is 17.5. The van der Waals surface area contributed by atoms with Crippen molar-refractivity contribution >= 4 is 29.1 Å². The molecule has 0 bridgehead atoms. The highest BCUT2D eigenvalue weighted by Gasteiger charge is 2.35. The number of hydrogen-bond donors (Lipinski definition) is 1. The molecule has 2 aliphatic rings. The highest BCUT2D eigenvalue weighted by atomic mass is 19.1. The van der Waals surface area contributed by atoms with Crippen molar-refractivity contribution in [2.24, 2.45) is 13.0 Å². The Labute approximate surface area is 183 Å². The Morgan fingerprint density at radius 2 is 1.81 bits per heavy atom. The number of aromatic nitrogens is 1. The first-order chi connectivity index (χ1) is 15.3. The second kappa shape index (κ2) is 8.91. The van der Waals surface area contributed by atoms with Crippen molar-refractivity contribution < 1.29 is 23.5 Å². The van der Waals surface area contributed by atoms with Crippen LogP contribution < -0.4 is 15.8 Å². The first-order valence-electron chi connectivity index (χ1n) is 10.3. The lowest BCUT2D eigenvalue weighted by Gasteiger charge is -2.27. The molecule has 3 heterocycles. The van der Waals surface area contributed by atoms with Crippen LogP contribution in [0, 0.1) is 11.7 Å². The van der Waals surface area contributed by atoms with Crippen LogP contribution in [0.5, 0.6) is 0 Å². The molecule has 4 rings (SSSR count). The van der Waals surface area contributed by atoms with E-state index in [-0.39, 0.29) is 36.0 Å². The van der Waals surface area contributed by atoms with Crippen molar-refractivity contribution in [2.75, 3.05) is 43.1 Å². The van der Waals surface area contributed by atoms with Gasteiger partial charge < -0.3 is 24.4 Å². The van der Waals surface area contributed by atoms with E-state index in [9.17, 15) is 23.6 Å². The van der Waals surface area contributed by atoms with E-state index >= 15 is 0 Å². The summed E-state index contributed by atoms with van der Waals surface area (Å²) >= 11 is 0. The van der Waals surface area contributed by atoms with Gasteiger partial charge in [-0.05, 0) is 30.3 Å². The zero-order valence-corrected chi connectivity index (χ0v) is 17.5. The fourth-order valence-corrected chi connectivity index (χ4v) is 3.86. The van der Waals surface area contributed by atoms with Gasteiger partial charge in [-0.25, -0.2) is 4.39 Å². The van der Waals surface area contributed by atoms with Crippen LogP contribution in [0.2, 0.25) is 0 Å². The van der Waals surface area contributed by atoms with Crippen LogP contribution in [0.1, 0.15) is 16.8 Å². The molecule has 1 N–H and O–H groups in total. The number of morpholine rings is 1. The van der Waals surface area contributed by atoms with E-state index in [0.29, 0.717) is 32.0 Å². The molecule has 3 amide bonds. The Morgan fingerprint density at radius 3 is 2.50 bits per heavy atom. The van der Waals surface area contributed by atoms with Gasteiger partial charge in [0.1, 0.15) is 11.5 Å². The van der Waals surface area contributed by atoms with E-state index in [1.165, 1.54) is 53.0 Å². The van der Waals surface area contributed by atoms with Crippen molar-refractivity contribution in [3.8, 4) is 0 Å². The third-order valence-electron chi connectivity index (χ3n) is 5.62. The van der Waals surface area contributed by atoms with E-state index in [1.807, 2.05) is 0 Å². The Bertz CT molecular complexity index is 1110. The van der Waals surface area contributed by atoms with E-state index in [4.69, 9.17) is 4.74 Å². The van der Waals surface area contributed by atoms with Crippen molar-refractivity contribution in [1.29, 1.82) is 0 Å². The molecule has 32 heavy (non-hydrogen) atoms. The topological polar surface area (TPSA) is 101 Å². The van der Waals surface area contributed by atoms with Crippen LogP contribution in [0.3, 0.4) is 0 Å². The van der Waals surface area contributed by atoms with E-state index in [0.717, 1.165) is 0 Å². The van der Waals surface area contributed by atoms with Crippen molar-refractivity contribution in [1.82, 2.24) is 9.47 Å². The van der Waals surface area contributed by atoms with Crippen molar-refractivity contribution in [2.45, 2.75) is 6.42 Å². The average Bonchev–Trinajstić information content (AvgIpc) is 3.19. The minimum Gasteiger partial charge on any atom is -0.378 e. The smallest absolute Gasteiger partial charge is 0.274 e. The molecular formula is C22H23FN4O5. The molecule has 1 aromatic carbocycles. The van der Waals surface area contributed by atoms with Crippen LogP contribution in [0.4, 0.5) is 15.8 Å². The van der Waals surface area contributed by atoms with E-state index < -0.39 is 23.2 Å². The maximum absolute atomic E-state index is 13.2. The van der Waals surface area contributed by atoms with Gasteiger partial charge in [0.2, 0.25) is 11.8 Å². The van der Waals surface area contributed by atoms with Gasteiger partial charge in [0.25, 0.3) is 11.5 Å². The predicted molar refractivity (Wildman–Crippen MR) is 114 cm³/mol. The summed E-state index contributed by atoms with van der Waals surface area (Å²) in [5.74, 6) is -2.11. The largest absolute Gasteiger partial charge is 0.378 e. The van der Waals surface area contributed by atoms with Gasteiger partial charge in [0, 0.05) is 45.0 Å². The van der Waals surface area contributed by atoms with Crippen LogP contribution in [0.25, 0.3) is 0 Å². The SMILES string of the molecule is Cn1cc(C(=O)N2CCOCC2)cc(NC(=O)C2CC(=O)N(c3ccc(F)cc3)C2)c1=O. The third kappa shape index (κ3) is 4.40. The fraction of sp³-hybridized carbons (Fsp3) is 0.364. The number of pyridine rings is 1. The molecule has 0 saturated carbocycles. The van der Waals surface area contributed by atoms with Crippen LogP contribution in [-0.4, -0.2) is 60.0 Å². The normalized spacial score (nSPS) is 18.7. The highest BCUT2D eigenvalue weighted by Crippen LogP contribution is 2.26. The number of rotatable bonds is 4. The summed E-state index contributed by atoms with van der Waals surface area (Å²) in [5.41, 5.74) is 0.293. The second-order valence-electron chi connectivity index (χ2n) is 7.83. The molecular weight excluding hydrogens is 419 g/mol. The second-order valence-corrected chi connectivity index (χ2v) is 7.83. The number of aryl methyl sites for hydroxylation is 1. The summed E-state index contributed by atoms with van der Waals surface area (Å²) in [6.45, 7) is 1.91. The number of carbonyl (C=O) groups is 3. The molecule has 1 aromatic heterocycles. The van der Waals surface area contributed by atoms with E-state index in [1.54, 1.807) is 4.90 Å². The average molecular weight is 442 g/mol. The highest BCUT2D eigenvalue weighted by molar-refractivity contribution is 6.04. The maximum atomic E-state index is 13.2. The lowest BCUT2D eigenvalue weighted by atomic mass is 10.1. The van der Waals surface area contributed by atoms with Gasteiger partial charge in [-0.3, -0.25) is 19.2 Å². The number of benzene rings is 1. The molecule has 1 atom stereocenters. The predicted octanol–water partition coefficient (Wildman–Crippen LogP) is 0.988. The Balaban J connectivity index is 1.50. The molecule has 2 fully saturated rings. The van der Waals surface area contributed by atoms with Gasteiger partial charge in [-0.2, -0.15) is 0 Å². The van der Waals surface area contributed by atoms with Crippen molar-refractivity contribution in [3.05, 3.63) is 58.3 Å². The molecule has 1 unspecified atom stereocenters. The molecule has 0 aliphatic carbocycles. The fourth-order valence-electron chi connectivity index (χ4n) is 3.86. The minimum atomic E-state index is -0.684. The number of hydrogen-bond acceptors (Lipinski definition) is 5. The van der Waals surface area contributed by atoms with Crippen LogP contribution in [-0.2, 0) is 21.4 Å². The third-order valence-corrected chi connectivity index (χ3v) is 5.62. The summed E-state index contributed by atoms with van der Waals surface area (Å²) < 4.78 is 19.7. The summed E-state index contributed by atoms with van der Waals surface area (Å²) in [5, 5.41) is 2.59. The standard InChI is InChI=1S/C22H23FN4O5/c1-25-12-15(21(30)26-6-8-32-9-7-26)10-18(22(25)31)24-20(29)14-11-19(28)27(13-14)17-4-2-16(23)3-5-17/h2-5,10,12,14H,6-9,11,13H2,1H3,(H,24,29). The minimum absolute atomic E-state index is 0.0238. The Kier molecular flexibility index (Phi) is 6.04. The van der Waals surface area contributed by atoms with Crippen LogP contribution >= 0.6 is 0 Å². The van der Waals surface area contributed by atoms with Gasteiger partial charge in [0.15, 0.2) is 0 Å². The van der Waals surface area contributed by atoms with Gasteiger partial charge >= 0.3 is 0 Å². The number of carbonyl (C=O) groups excluding carboxylic acids is 3. The van der Waals surface area contributed by atoms with Gasteiger partial charge in [0.05, 0.1) is 24.7 Å². The first kappa shape index (κ1) is 21.7. The monoisotopic (exact) mass is 442 g/mol. The summed E-state index contributed by atoms with van der Waals surface area (Å²) in [4.78, 5) is 53.6. The summed E-state index contributed by atoms with van der Waals surface area (Å²) in [6, 6.07) is 6.81. The number of nitrogens with zero attached hydrogens (tertiary/aromatic N) is 3. The number of amides is 3. The number of anilines is 2. The quantitative estimate of drug-likeness (QED) is 0.761. The molecule has 10 heteroatoms. The molecule has 2 saturated heterocycles. The number of ether oxygens (including phenoxy) is 1. The molecule has 2 aliphatic heterocycles. The summed E-state index contributed by atoms with van der Waals surface area (Å²) in [6.07, 6.45) is 1.40. The molecule has 0 radical (unpaired) electrons. The Hall–Kier alpha value is -3.53. The lowest BCUT2D eigenvalue weighted by Crippen LogP contribution is -2.41. The maximum Gasteiger partial charge on any atom is 0.274 e. The molecule has 9 nitrogen and oxygen atoms in total. The summed E-state index contributed by atoms with van der Waals surface area (Å²) in [7, 11) is 1.50. The number of nitrogens with one attached hydrogen (secondary N) is 1. The first-order valence-corrected chi connectivity index (χ1v) is 10.3. The van der Waals surface area contributed by atoms with Crippen molar-refractivity contribution in [3.63, 3.8) is 0 Å². The van der Waals surface area contributed by atoms with Gasteiger partial charge in [-0.1, -0.05) is 0 Å². The van der Waals surface area contributed by atoms with Gasteiger partial charge in [-0.15, -0.1) is 0 Å². The number of halogens is 1. The van der Waals surface area contributed by atoms with E-state index in [2.05, 4.69) is 5.32 Å². The Morgan fingerprint density at radius 1 is 1.12 bits per heavy atom. The zero-order chi connectivity index (χ0) is 22.8. The molecule has 2 aromatic rings.